The highest BCUT2D eigenvalue weighted by atomic mass is 35.5. The molecule has 0 spiro atoms. The Labute approximate surface area is 220 Å². The molecule has 2 N–H and O–H groups in total. The monoisotopic (exact) mass is 552 g/mol. The van der Waals surface area contributed by atoms with Crippen LogP contribution in [0.2, 0.25) is 5.02 Å². The van der Waals surface area contributed by atoms with Gasteiger partial charge in [0.2, 0.25) is 0 Å². The second-order valence-electron chi connectivity index (χ2n) is 8.88. The van der Waals surface area contributed by atoms with Crippen LogP contribution in [0.25, 0.3) is 0 Å². The van der Waals surface area contributed by atoms with Crippen LogP contribution in [0.15, 0.2) is 30.9 Å². The molecule has 1 atom stereocenters. The average Bonchev–Trinajstić information content (AvgIpc) is 3.36. The Hall–Kier alpha value is -2.96. The summed E-state index contributed by atoms with van der Waals surface area (Å²) in [7, 11) is 0. The van der Waals surface area contributed by atoms with Gasteiger partial charge in [-0.05, 0) is 50.4 Å². The fraction of sp³-hybridized carbons (Fsp3) is 0.417. The van der Waals surface area contributed by atoms with Crippen molar-refractivity contribution in [1.82, 2.24) is 25.3 Å². The number of nitrogens with one attached hydrogen (secondary N) is 2. The number of hydrogen-bond acceptors (Lipinski definition) is 8. The van der Waals surface area contributed by atoms with E-state index >= 15 is 0 Å². The fourth-order valence-corrected chi connectivity index (χ4v) is 5.11. The summed E-state index contributed by atoms with van der Waals surface area (Å²) in [6.07, 6.45) is 1.95. The van der Waals surface area contributed by atoms with E-state index in [1.807, 2.05) is 6.92 Å². The van der Waals surface area contributed by atoms with Gasteiger partial charge in [-0.25, -0.2) is 19.9 Å². The predicted molar refractivity (Wildman–Crippen MR) is 133 cm³/mol. The summed E-state index contributed by atoms with van der Waals surface area (Å²) in [6.45, 7) is 3.78. The Balaban J connectivity index is 1.37. The highest BCUT2D eigenvalue weighted by molar-refractivity contribution is 7.13. The molecule has 3 aromatic rings. The number of nitrogens with zero attached hydrogens (tertiary/aromatic N) is 4. The first-order chi connectivity index (χ1) is 17.6. The number of ketones is 1. The zero-order valence-corrected chi connectivity index (χ0v) is 21.4. The maximum Gasteiger partial charge on any atom is 0.418 e. The number of Topliss-reactive ketones (excluding diaryl/α,β-unsaturated/α-hetero) is 1. The van der Waals surface area contributed by atoms with Gasteiger partial charge in [-0.2, -0.15) is 13.2 Å². The van der Waals surface area contributed by atoms with E-state index in [4.69, 9.17) is 11.6 Å². The predicted octanol–water partition coefficient (Wildman–Crippen LogP) is 5.17. The van der Waals surface area contributed by atoms with Crippen molar-refractivity contribution in [1.29, 1.82) is 0 Å². The molecule has 0 bridgehead atoms. The molecule has 0 aromatic carbocycles. The first kappa shape index (κ1) is 27.1. The van der Waals surface area contributed by atoms with Crippen LogP contribution < -0.4 is 10.6 Å². The van der Waals surface area contributed by atoms with Crippen LogP contribution in [-0.4, -0.2) is 44.7 Å². The quantitative estimate of drug-likeness (QED) is 0.371. The molecule has 1 unspecified atom stereocenters. The lowest BCUT2D eigenvalue weighted by Gasteiger charge is -2.22. The Morgan fingerprint density at radius 3 is 2.65 bits per heavy atom. The SMILES string of the molecule is CC(CC(=O)c1cc(CC2CCNCC2)ncn1)c1ncc(C(=O)Nc2cc(C(F)(F)F)c(Cl)cn2)s1. The summed E-state index contributed by atoms with van der Waals surface area (Å²) in [5.74, 6) is -0.881. The third kappa shape index (κ3) is 7.08. The smallest absolute Gasteiger partial charge is 0.317 e. The number of anilines is 1. The molecule has 1 saturated heterocycles. The number of aromatic nitrogens is 4. The molecule has 0 aliphatic carbocycles. The van der Waals surface area contributed by atoms with Gasteiger partial charge in [-0.3, -0.25) is 9.59 Å². The van der Waals surface area contributed by atoms with Gasteiger partial charge in [0.15, 0.2) is 5.78 Å². The number of thiazole rings is 1. The van der Waals surface area contributed by atoms with Crippen LogP contribution in [0.3, 0.4) is 0 Å². The molecule has 4 rings (SSSR count). The van der Waals surface area contributed by atoms with E-state index < -0.39 is 22.7 Å². The molecule has 1 aliphatic heterocycles. The van der Waals surface area contributed by atoms with Crippen molar-refractivity contribution in [3.05, 3.63) is 62.7 Å². The zero-order chi connectivity index (χ0) is 26.6. The summed E-state index contributed by atoms with van der Waals surface area (Å²) in [4.78, 5) is 42.0. The number of carbonyl (C=O) groups excluding carboxylic acids is 2. The summed E-state index contributed by atoms with van der Waals surface area (Å²) in [5.41, 5.74) is 0.0883. The first-order valence-corrected chi connectivity index (χ1v) is 12.8. The molecule has 1 fully saturated rings. The summed E-state index contributed by atoms with van der Waals surface area (Å²) in [5, 5.41) is 5.64. The lowest BCUT2D eigenvalue weighted by Crippen LogP contribution is -2.28. The lowest BCUT2D eigenvalue weighted by atomic mass is 9.92. The summed E-state index contributed by atoms with van der Waals surface area (Å²) >= 11 is 6.62. The maximum atomic E-state index is 13.1. The van der Waals surface area contributed by atoms with Gasteiger partial charge >= 0.3 is 6.18 Å². The van der Waals surface area contributed by atoms with Crippen molar-refractivity contribution in [3.8, 4) is 0 Å². The Morgan fingerprint density at radius 1 is 1.16 bits per heavy atom. The third-order valence-corrected chi connectivity index (χ3v) is 7.56. The van der Waals surface area contributed by atoms with Crippen LogP contribution in [0.1, 0.15) is 68.5 Å². The number of hydrogen-bond donors (Lipinski definition) is 2. The number of pyridine rings is 1. The molecule has 1 aliphatic rings. The van der Waals surface area contributed by atoms with Crippen molar-refractivity contribution in [2.75, 3.05) is 18.4 Å². The van der Waals surface area contributed by atoms with E-state index in [9.17, 15) is 22.8 Å². The molecular weight excluding hydrogens is 529 g/mol. The zero-order valence-electron chi connectivity index (χ0n) is 19.8. The molecule has 3 aromatic heterocycles. The van der Waals surface area contributed by atoms with Crippen LogP contribution in [-0.2, 0) is 12.6 Å². The molecule has 37 heavy (non-hydrogen) atoms. The number of alkyl halides is 3. The number of amides is 1. The van der Waals surface area contributed by atoms with Crippen LogP contribution in [0.4, 0.5) is 19.0 Å². The van der Waals surface area contributed by atoms with E-state index in [-0.39, 0.29) is 28.8 Å². The minimum Gasteiger partial charge on any atom is -0.317 e. The van der Waals surface area contributed by atoms with E-state index in [1.54, 1.807) is 6.07 Å². The minimum absolute atomic E-state index is 0.131. The van der Waals surface area contributed by atoms with Gasteiger partial charge in [-0.1, -0.05) is 18.5 Å². The molecular formula is C24H24ClF3N6O2S. The Morgan fingerprint density at radius 2 is 1.92 bits per heavy atom. The maximum absolute atomic E-state index is 13.1. The number of halogens is 4. The van der Waals surface area contributed by atoms with Gasteiger partial charge in [-0.15, -0.1) is 11.3 Å². The number of rotatable bonds is 8. The van der Waals surface area contributed by atoms with Crippen molar-refractivity contribution in [2.45, 2.75) is 44.7 Å². The van der Waals surface area contributed by atoms with Crippen molar-refractivity contribution in [3.63, 3.8) is 0 Å². The van der Waals surface area contributed by atoms with Crippen molar-refractivity contribution >= 4 is 40.4 Å². The van der Waals surface area contributed by atoms with Crippen molar-refractivity contribution < 1.29 is 22.8 Å². The second kappa shape index (κ2) is 11.6. The van der Waals surface area contributed by atoms with Gasteiger partial charge < -0.3 is 10.6 Å². The highest BCUT2D eigenvalue weighted by Crippen LogP contribution is 2.35. The molecule has 0 radical (unpaired) electrons. The third-order valence-electron chi connectivity index (χ3n) is 6.03. The molecule has 8 nitrogen and oxygen atoms in total. The number of piperidine rings is 1. The minimum atomic E-state index is -4.68. The molecule has 4 heterocycles. The fourth-order valence-electron chi connectivity index (χ4n) is 4.04. The van der Waals surface area contributed by atoms with Crippen molar-refractivity contribution in [2.24, 2.45) is 5.92 Å². The van der Waals surface area contributed by atoms with Crippen LogP contribution >= 0.6 is 22.9 Å². The van der Waals surface area contributed by atoms with E-state index in [0.717, 1.165) is 55.6 Å². The highest BCUT2D eigenvalue weighted by Gasteiger charge is 2.34. The van der Waals surface area contributed by atoms with E-state index in [1.165, 1.54) is 12.5 Å². The lowest BCUT2D eigenvalue weighted by molar-refractivity contribution is -0.137. The largest absolute Gasteiger partial charge is 0.418 e. The summed E-state index contributed by atoms with van der Waals surface area (Å²) in [6, 6.07) is 2.41. The molecule has 196 valence electrons. The van der Waals surface area contributed by atoms with Gasteiger partial charge in [0.25, 0.3) is 5.91 Å². The first-order valence-electron chi connectivity index (χ1n) is 11.6. The van der Waals surface area contributed by atoms with Gasteiger partial charge in [0.05, 0.1) is 21.8 Å². The second-order valence-corrected chi connectivity index (χ2v) is 10.4. The Kier molecular flexibility index (Phi) is 8.50. The topological polar surface area (TPSA) is 110 Å². The molecule has 13 heteroatoms. The standard InChI is InChI=1S/C24H24ClF3N6O2S/c1-13(6-19(35)18-8-15(32-12-33-18)7-14-2-4-29-5-3-14)23-31-11-20(37-23)22(36)34-21-9-16(24(26,27)28)17(25)10-30-21/h8-14,29H,2-7H2,1H3,(H,30,34,36). The number of carbonyl (C=O) groups is 2. The van der Waals surface area contributed by atoms with Crippen LogP contribution in [0, 0.1) is 5.92 Å². The Bertz CT molecular complexity index is 1280. The van der Waals surface area contributed by atoms with Gasteiger partial charge in [0, 0.05) is 24.2 Å². The van der Waals surface area contributed by atoms with E-state index in [2.05, 4.69) is 30.6 Å². The molecule has 1 amide bonds. The van der Waals surface area contributed by atoms with Crippen LogP contribution in [0.5, 0.6) is 0 Å². The normalized spacial score (nSPS) is 15.4. The van der Waals surface area contributed by atoms with Gasteiger partial charge in [0.1, 0.15) is 22.7 Å². The van der Waals surface area contributed by atoms with E-state index in [0.29, 0.717) is 22.7 Å². The average molecular weight is 553 g/mol. The summed E-state index contributed by atoms with van der Waals surface area (Å²) < 4.78 is 39.2. The molecule has 0 saturated carbocycles.